The molecule has 24 heteroatoms. The minimum atomic E-state index is -5.91. The van der Waals surface area contributed by atoms with Crippen molar-refractivity contribution < 1.29 is 60.0 Å². The Bertz CT molecular complexity index is 754. The first kappa shape index (κ1) is 25.8. The first-order valence-electron chi connectivity index (χ1n) is 6.45. The van der Waals surface area contributed by atoms with E-state index in [0.29, 0.717) is 0 Å². The third kappa shape index (κ3) is 3.47. The van der Waals surface area contributed by atoms with Crippen LogP contribution >= 0.6 is 0 Å². The molecule has 0 radical (unpaired) electrons. The Labute approximate surface area is 158 Å². The molecular weight excluding hydrogens is 444 g/mol. The Morgan fingerprint density at radius 1 is 0.733 bits per heavy atom. The summed E-state index contributed by atoms with van der Waals surface area (Å²) in [6, 6.07) is 0. The topological polar surface area (TPSA) is 358 Å². The Hall–Kier alpha value is -4.16. The molecule has 0 aromatic heterocycles. The van der Waals surface area contributed by atoms with Crippen molar-refractivity contribution in [2.75, 3.05) is 6.61 Å². The van der Waals surface area contributed by atoms with Gasteiger partial charge in [0, 0.05) is 0 Å². The lowest BCUT2D eigenvalue weighted by atomic mass is 9.86. The average molecular weight is 452 g/mol. The van der Waals surface area contributed by atoms with Crippen molar-refractivity contribution in [3.63, 3.8) is 0 Å². The number of nitrogens with zero attached hydrogens (tertiary/aromatic N) is 6. The summed E-state index contributed by atoms with van der Waals surface area (Å²) in [5.41, 5.74) is -11.4. The molecule has 24 nitrogen and oxygen atoms in total. The molecule has 4 unspecified atom stereocenters. The molecule has 0 aliphatic carbocycles. The molecule has 0 saturated carbocycles. The van der Waals surface area contributed by atoms with Crippen molar-refractivity contribution in [1.29, 1.82) is 0 Å². The highest BCUT2D eigenvalue weighted by atomic mass is 17.0. The first-order valence-corrected chi connectivity index (χ1v) is 6.45. The van der Waals surface area contributed by atoms with Crippen LogP contribution in [0.25, 0.3) is 0 Å². The molecular formula is C6H8N6O18. The van der Waals surface area contributed by atoms with Gasteiger partial charge in [0.15, 0.2) is 6.10 Å². The number of aliphatic hydroxyl groups excluding tert-OH is 3. The van der Waals surface area contributed by atoms with E-state index in [9.17, 15) is 76.0 Å². The second-order valence-electron chi connectivity index (χ2n) is 4.83. The van der Waals surface area contributed by atoms with Gasteiger partial charge in [-0.25, -0.2) is 4.84 Å². The minimum Gasteiger partial charge on any atom is -0.394 e. The SMILES string of the molecule is O=[N+]([O-])OC(C(O)C(O)CO)([N+](=O)[O-])C(O[N+](=O)[O-])([N+](=O)[O-])C(O)([N+](=O)[O-])[N+](=O)[O-]. The quantitative estimate of drug-likeness (QED) is 0.116. The predicted molar refractivity (Wildman–Crippen MR) is 73.6 cm³/mol. The normalized spacial score (nSPS) is 17.3. The van der Waals surface area contributed by atoms with E-state index < -0.39 is 66.0 Å². The molecule has 170 valence electrons. The maximum absolute atomic E-state index is 11.5. The average Bonchev–Trinajstić information content (AvgIpc) is 2.60. The molecule has 4 N–H and O–H groups in total. The fourth-order valence-electron chi connectivity index (χ4n) is 2.13. The number of hydrogen-bond donors (Lipinski definition) is 4. The van der Waals surface area contributed by atoms with E-state index in [4.69, 9.17) is 5.11 Å². The third-order valence-corrected chi connectivity index (χ3v) is 3.35. The summed E-state index contributed by atoms with van der Waals surface area (Å²) in [6.07, 6.45) is -7.16. The van der Waals surface area contributed by atoms with Crippen molar-refractivity contribution in [1.82, 2.24) is 0 Å². The van der Waals surface area contributed by atoms with Crippen LogP contribution in [0, 0.1) is 60.7 Å². The zero-order valence-corrected chi connectivity index (χ0v) is 13.5. The highest BCUT2D eigenvalue weighted by molar-refractivity contribution is 4.99. The lowest BCUT2D eigenvalue weighted by Gasteiger charge is -2.35. The Morgan fingerprint density at radius 3 is 1.37 bits per heavy atom. The van der Waals surface area contributed by atoms with Crippen LogP contribution in [0.4, 0.5) is 0 Å². The van der Waals surface area contributed by atoms with Crippen molar-refractivity contribution in [3.05, 3.63) is 60.7 Å². The summed E-state index contributed by atoms with van der Waals surface area (Å²) < 4.78 is 0. The summed E-state index contributed by atoms with van der Waals surface area (Å²) >= 11 is 0. The molecule has 0 bridgehead atoms. The maximum Gasteiger partial charge on any atom is 0.684 e. The number of nitro groups is 4. The van der Waals surface area contributed by atoms with Crippen molar-refractivity contribution >= 4 is 0 Å². The monoisotopic (exact) mass is 452 g/mol. The molecule has 4 atom stereocenters. The van der Waals surface area contributed by atoms with Crippen LogP contribution in [-0.4, -0.2) is 86.4 Å². The van der Waals surface area contributed by atoms with Gasteiger partial charge in [-0.1, -0.05) is 0 Å². The molecule has 0 amide bonds. The van der Waals surface area contributed by atoms with E-state index in [1.165, 1.54) is 0 Å². The van der Waals surface area contributed by atoms with E-state index in [0.717, 1.165) is 0 Å². The van der Waals surface area contributed by atoms with Gasteiger partial charge in [-0.05, 0) is 0 Å². The van der Waals surface area contributed by atoms with Gasteiger partial charge in [0.25, 0.3) is 0 Å². The molecule has 30 heavy (non-hydrogen) atoms. The number of rotatable bonds is 13. The molecule has 0 saturated heterocycles. The zero-order valence-electron chi connectivity index (χ0n) is 13.5. The smallest absolute Gasteiger partial charge is 0.394 e. The summed E-state index contributed by atoms with van der Waals surface area (Å²) in [5.74, 6) is -5.86. The van der Waals surface area contributed by atoms with Gasteiger partial charge in [-0.3, -0.25) is 45.6 Å². The Balaban J connectivity index is 8.02. The van der Waals surface area contributed by atoms with Gasteiger partial charge in [-0.2, -0.15) is 4.84 Å². The van der Waals surface area contributed by atoms with Gasteiger partial charge in [0.05, 0.1) is 16.5 Å². The fourth-order valence-corrected chi connectivity index (χ4v) is 2.13. The summed E-state index contributed by atoms with van der Waals surface area (Å²) in [6.45, 7) is -1.89. The van der Waals surface area contributed by atoms with Gasteiger partial charge >= 0.3 is 27.5 Å². The maximum atomic E-state index is 11.5. The lowest BCUT2D eigenvalue weighted by molar-refractivity contribution is -1.01. The second kappa shape index (κ2) is 8.46. The van der Waals surface area contributed by atoms with Crippen molar-refractivity contribution in [2.24, 2.45) is 0 Å². The van der Waals surface area contributed by atoms with Gasteiger partial charge in [0.2, 0.25) is 0 Å². The fraction of sp³-hybridized carbons (Fsp3) is 1.00. The Kier molecular flexibility index (Phi) is 7.29. The highest BCUT2D eigenvalue weighted by Gasteiger charge is 3.03. The summed E-state index contributed by atoms with van der Waals surface area (Å²) in [7, 11) is 0. The van der Waals surface area contributed by atoms with E-state index >= 15 is 0 Å². The second-order valence-corrected chi connectivity index (χ2v) is 4.83. The van der Waals surface area contributed by atoms with Crippen LogP contribution in [0.5, 0.6) is 0 Å². The molecule has 0 aliphatic rings. The number of hydrogen-bond acceptors (Lipinski definition) is 18. The first-order chi connectivity index (χ1) is 13.5. The van der Waals surface area contributed by atoms with Crippen molar-refractivity contribution in [2.45, 2.75) is 29.5 Å². The van der Waals surface area contributed by atoms with Crippen LogP contribution in [0.1, 0.15) is 0 Å². The van der Waals surface area contributed by atoms with Crippen LogP contribution < -0.4 is 0 Å². The largest absolute Gasteiger partial charge is 0.684 e. The van der Waals surface area contributed by atoms with Crippen LogP contribution in [0.2, 0.25) is 0 Å². The van der Waals surface area contributed by atoms with Gasteiger partial charge in [0.1, 0.15) is 16.0 Å². The molecule has 0 aliphatic heterocycles. The van der Waals surface area contributed by atoms with Crippen LogP contribution in [-0.2, 0) is 9.68 Å². The van der Waals surface area contributed by atoms with Crippen LogP contribution in [0.15, 0.2) is 0 Å². The summed E-state index contributed by atoms with van der Waals surface area (Å²) in [4.78, 5) is 61.9. The van der Waals surface area contributed by atoms with E-state index in [1.54, 1.807) is 0 Å². The molecule has 0 rings (SSSR count). The minimum absolute atomic E-state index is 1.89. The predicted octanol–water partition coefficient (Wildman–Crippen LogP) is -4.74. The standard InChI is InChI=1S/C6H8N6O18/c13-1-2(14)3(15)4(7(17)18,29-11(25)26)5(8(19)20,30-12(27)28)6(16,9(21)22)10(23)24/h2-3,13-16H,1H2. The molecule has 0 heterocycles. The van der Waals surface area contributed by atoms with E-state index in [2.05, 4.69) is 9.68 Å². The van der Waals surface area contributed by atoms with Crippen molar-refractivity contribution in [3.8, 4) is 0 Å². The third-order valence-electron chi connectivity index (χ3n) is 3.35. The molecule has 0 aromatic rings. The lowest BCUT2D eigenvalue weighted by Crippen LogP contribution is -2.85. The van der Waals surface area contributed by atoms with E-state index in [-0.39, 0.29) is 0 Å². The summed E-state index contributed by atoms with van der Waals surface area (Å²) in [5, 5.41) is 99.3. The Morgan fingerprint density at radius 2 is 1.13 bits per heavy atom. The number of aliphatic hydroxyl groups is 4. The molecule has 0 aromatic carbocycles. The van der Waals surface area contributed by atoms with Gasteiger partial charge in [-0.15, -0.1) is 20.2 Å². The van der Waals surface area contributed by atoms with Crippen LogP contribution in [0.3, 0.4) is 0 Å². The molecule has 0 spiro atoms. The molecule has 0 fully saturated rings. The van der Waals surface area contributed by atoms with Gasteiger partial charge < -0.3 is 15.3 Å². The highest BCUT2D eigenvalue weighted by Crippen LogP contribution is 2.44. The van der Waals surface area contributed by atoms with E-state index in [1.807, 2.05) is 0 Å². The zero-order chi connectivity index (χ0) is 24.2.